The van der Waals surface area contributed by atoms with Crippen molar-refractivity contribution >= 4 is 28.9 Å². The molecule has 0 unspecified atom stereocenters. The van der Waals surface area contributed by atoms with Gasteiger partial charge in [0.05, 0.1) is 23.8 Å². The van der Waals surface area contributed by atoms with Gasteiger partial charge in [-0.25, -0.2) is 0 Å². The van der Waals surface area contributed by atoms with Gasteiger partial charge in [-0.3, -0.25) is 14.9 Å². The summed E-state index contributed by atoms with van der Waals surface area (Å²) < 4.78 is 22.5. The SMILES string of the molecule is COc1ccc(Oc2cc(NC(=O)c3ccc(COc4cc(C)c(Cl)cc4C(C)C)o3)cc([N+](=O)[O-])c2)cc1. The van der Waals surface area contributed by atoms with Gasteiger partial charge in [0.1, 0.15) is 35.4 Å². The highest BCUT2D eigenvalue weighted by Gasteiger charge is 2.17. The van der Waals surface area contributed by atoms with E-state index in [4.69, 9.17) is 30.2 Å². The van der Waals surface area contributed by atoms with Crippen molar-refractivity contribution in [2.75, 3.05) is 12.4 Å². The fourth-order valence-electron chi connectivity index (χ4n) is 3.77. The molecule has 1 amide bonds. The number of hydrogen-bond acceptors (Lipinski definition) is 7. The summed E-state index contributed by atoms with van der Waals surface area (Å²) in [4.78, 5) is 23.8. The molecule has 10 heteroatoms. The number of aryl methyl sites for hydroxylation is 1. The lowest BCUT2D eigenvalue weighted by Crippen LogP contribution is -2.11. The molecule has 4 rings (SSSR count). The summed E-state index contributed by atoms with van der Waals surface area (Å²) in [6.07, 6.45) is 0. The smallest absolute Gasteiger partial charge is 0.291 e. The molecule has 39 heavy (non-hydrogen) atoms. The molecule has 1 aromatic heterocycles. The van der Waals surface area contributed by atoms with Gasteiger partial charge >= 0.3 is 0 Å². The maximum atomic E-state index is 12.9. The van der Waals surface area contributed by atoms with Crippen LogP contribution in [0, 0.1) is 17.0 Å². The van der Waals surface area contributed by atoms with Crippen LogP contribution in [0.1, 0.15) is 47.2 Å². The number of hydrogen-bond donors (Lipinski definition) is 1. The summed E-state index contributed by atoms with van der Waals surface area (Å²) in [6, 6.07) is 17.6. The average molecular weight is 551 g/mol. The van der Waals surface area contributed by atoms with E-state index in [1.807, 2.05) is 32.9 Å². The van der Waals surface area contributed by atoms with Gasteiger partial charge in [-0.15, -0.1) is 0 Å². The van der Waals surface area contributed by atoms with E-state index in [0.717, 1.165) is 11.1 Å². The number of nitrogens with one attached hydrogen (secondary N) is 1. The van der Waals surface area contributed by atoms with Crippen LogP contribution in [0.2, 0.25) is 5.02 Å². The highest BCUT2D eigenvalue weighted by Crippen LogP contribution is 2.33. The van der Waals surface area contributed by atoms with Crippen LogP contribution in [-0.4, -0.2) is 17.9 Å². The zero-order valence-corrected chi connectivity index (χ0v) is 22.6. The number of nitrogens with zero attached hydrogens (tertiary/aromatic N) is 1. The van der Waals surface area contributed by atoms with Crippen LogP contribution in [0.15, 0.2) is 71.1 Å². The minimum absolute atomic E-state index is 0.0223. The van der Waals surface area contributed by atoms with Gasteiger partial charge in [-0.2, -0.15) is 0 Å². The largest absolute Gasteiger partial charge is 0.497 e. The molecule has 0 fully saturated rings. The molecule has 0 radical (unpaired) electrons. The lowest BCUT2D eigenvalue weighted by molar-refractivity contribution is -0.384. The first-order valence-electron chi connectivity index (χ1n) is 12.1. The number of nitro groups is 1. The van der Waals surface area contributed by atoms with E-state index in [1.165, 1.54) is 24.3 Å². The molecule has 0 bridgehead atoms. The third-order valence-electron chi connectivity index (χ3n) is 5.82. The first-order chi connectivity index (χ1) is 18.6. The van der Waals surface area contributed by atoms with Crippen LogP contribution in [0.4, 0.5) is 11.4 Å². The van der Waals surface area contributed by atoms with Crippen molar-refractivity contribution in [2.24, 2.45) is 0 Å². The first kappa shape index (κ1) is 27.5. The van der Waals surface area contributed by atoms with Crippen molar-refractivity contribution in [3.63, 3.8) is 0 Å². The Labute approximate surface area is 230 Å². The van der Waals surface area contributed by atoms with E-state index in [0.29, 0.717) is 28.0 Å². The molecule has 9 nitrogen and oxygen atoms in total. The summed E-state index contributed by atoms with van der Waals surface area (Å²) in [7, 11) is 1.55. The summed E-state index contributed by atoms with van der Waals surface area (Å²) in [5, 5.41) is 14.8. The Hall–Kier alpha value is -4.50. The number of carbonyl (C=O) groups is 1. The summed E-state index contributed by atoms with van der Waals surface area (Å²) in [5.41, 5.74) is 1.78. The van der Waals surface area contributed by atoms with E-state index in [1.54, 1.807) is 37.4 Å². The summed E-state index contributed by atoms with van der Waals surface area (Å²) >= 11 is 6.27. The first-order valence-corrected chi connectivity index (χ1v) is 12.4. The van der Waals surface area contributed by atoms with Crippen molar-refractivity contribution in [3.8, 4) is 23.0 Å². The zero-order valence-electron chi connectivity index (χ0n) is 21.8. The van der Waals surface area contributed by atoms with Gasteiger partial charge in [-0.1, -0.05) is 25.4 Å². The standard InChI is InChI=1S/C29H27ClN2O7/c1-17(2)25-15-26(30)18(3)11-28(25)37-16-23-9-10-27(39-23)29(33)31-19-12-20(32(34)35)14-24(13-19)38-22-7-5-21(36-4)6-8-22/h5-15,17H,16H2,1-4H3,(H,31,33). The molecule has 202 valence electrons. The van der Waals surface area contributed by atoms with Gasteiger partial charge < -0.3 is 23.9 Å². The molecule has 3 aromatic carbocycles. The number of ether oxygens (including phenoxy) is 3. The zero-order chi connectivity index (χ0) is 28.1. The lowest BCUT2D eigenvalue weighted by atomic mass is 10.0. The fourth-order valence-corrected chi connectivity index (χ4v) is 3.94. The minimum atomic E-state index is -0.581. The highest BCUT2D eigenvalue weighted by atomic mass is 35.5. The van der Waals surface area contributed by atoms with Crippen molar-refractivity contribution in [1.29, 1.82) is 0 Å². The Balaban J connectivity index is 1.47. The number of amides is 1. The third-order valence-corrected chi connectivity index (χ3v) is 6.23. The number of furan rings is 1. The number of anilines is 1. The molecule has 0 saturated carbocycles. The Morgan fingerprint density at radius 2 is 1.74 bits per heavy atom. The minimum Gasteiger partial charge on any atom is -0.497 e. The number of non-ortho nitro benzene ring substituents is 1. The summed E-state index contributed by atoms with van der Waals surface area (Å²) in [6.45, 7) is 6.09. The number of rotatable bonds is 10. The monoisotopic (exact) mass is 550 g/mol. The average Bonchev–Trinajstić information content (AvgIpc) is 3.38. The number of nitro benzene ring substituents is 1. The van der Waals surface area contributed by atoms with Crippen molar-refractivity contribution in [3.05, 3.63) is 105 Å². The molecule has 0 saturated heterocycles. The normalized spacial score (nSPS) is 10.8. The third kappa shape index (κ3) is 6.88. The molecular weight excluding hydrogens is 524 g/mol. The van der Waals surface area contributed by atoms with E-state index >= 15 is 0 Å². The number of benzene rings is 3. The van der Waals surface area contributed by atoms with Gasteiger partial charge in [-0.05, 0) is 72.5 Å². The van der Waals surface area contributed by atoms with Crippen LogP contribution >= 0.6 is 11.6 Å². The van der Waals surface area contributed by atoms with E-state index in [9.17, 15) is 14.9 Å². The predicted molar refractivity (Wildman–Crippen MR) is 147 cm³/mol. The number of carbonyl (C=O) groups excluding carboxylic acids is 1. The molecular formula is C29H27ClN2O7. The lowest BCUT2D eigenvalue weighted by Gasteiger charge is -2.15. The second kappa shape index (κ2) is 11.9. The molecule has 0 aliphatic heterocycles. The topological polar surface area (TPSA) is 113 Å². The van der Waals surface area contributed by atoms with Gasteiger partial charge in [0.15, 0.2) is 5.76 Å². The van der Waals surface area contributed by atoms with Crippen LogP contribution in [0.5, 0.6) is 23.0 Å². The quantitative estimate of drug-likeness (QED) is 0.158. The van der Waals surface area contributed by atoms with Crippen LogP contribution in [-0.2, 0) is 6.61 Å². The highest BCUT2D eigenvalue weighted by molar-refractivity contribution is 6.31. The van der Waals surface area contributed by atoms with E-state index < -0.39 is 10.8 Å². The Morgan fingerprint density at radius 1 is 1.03 bits per heavy atom. The molecule has 0 aliphatic rings. The van der Waals surface area contributed by atoms with Crippen LogP contribution < -0.4 is 19.5 Å². The molecule has 1 N–H and O–H groups in total. The van der Waals surface area contributed by atoms with E-state index in [-0.39, 0.29) is 35.4 Å². The Kier molecular flexibility index (Phi) is 8.41. The number of methoxy groups -OCH3 is 1. The second-order valence-corrected chi connectivity index (χ2v) is 9.46. The van der Waals surface area contributed by atoms with Gasteiger partial charge in [0, 0.05) is 17.2 Å². The van der Waals surface area contributed by atoms with Crippen molar-refractivity contribution in [1.82, 2.24) is 0 Å². The molecule has 0 spiro atoms. The van der Waals surface area contributed by atoms with Crippen LogP contribution in [0.3, 0.4) is 0 Å². The molecule has 0 aliphatic carbocycles. The van der Waals surface area contributed by atoms with Crippen LogP contribution in [0.25, 0.3) is 0 Å². The van der Waals surface area contributed by atoms with Crippen molar-refractivity contribution in [2.45, 2.75) is 33.3 Å². The predicted octanol–water partition coefficient (Wildman–Crippen LogP) is 7.91. The Bertz CT molecular complexity index is 1500. The second-order valence-electron chi connectivity index (χ2n) is 9.05. The van der Waals surface area contributed by atoms with Gasteiger partial charge in [0.2, 0.25) is 0 Å². The molecule has 1 heterocycles. The van der Waals surface area contributed by atoms with E-state index in [2.05, 4.69) is 5.32 Å². The fraction of sp³-hybridized carbons (Fsp3) is 0.207. The Morgan fingerprint density at radius 3 is 2.41 bits per heavy atom. The molecule has 4 aromatic rings. The molecule has 0 atom stereocenters. The number of halogens is 1. The maximum Gasteiger partial charge on any atom is 0.291 e. The van der Waals surface area contributed by atoms with Gasteiger partial charge in [0.25, 0.3) is 11.6 Å². The maximum absolute atomic E-state index is 12.9. The van der Waals surface area contributed by atoms with Crippen molar-refractivity contribution < 1.29 is 28.3 Å². The summed E-state index contributed by atoms with van der Waals surface area (Å²) in [5.74, 6) is 2.03.